The monoisotopic (exact) mass is 421 g/mol. The molecule has 160 valence electrons. The predicted octanol–water partition coefficient (Wildman–Crippen LogP) is 5.89. The number of para-hydroxylation sites is 1. The van der Waals surface area contributed by atoms with E-state index in [1.807, 2.05) is 32.9 Å². The summed E-state index contributed by atoms with van der Waals surface area (Å²) >= 11 is 0. The SMILES string of the molecule is CCN(c1ncc(C(F)(F)F)c(OCC(F)(F)F)n1)c1ccccc1C(C)(C)C. The van der Waals surface area contributed by atoms with Gasteiger partial charge in [-0.05, 0) is 24.0 Å². The van der Waals surface area contributed by atoms with E-state index in [0.717, 1.165) is 5.56 Å². The zero-order chi connectivity index (χ0) is 22.0. The van der Waals surface area contributed by atoms with E-state index in [0.29, 0.717) is 11.9 Å². The van der Waals surface area contributed by atoms with E-state index >= 15 is 0 Å². The quantitative estimate of drug-likeness (QED) is 0.564. The van der Waals surface area contributed by atoms with E-state index in [9.17, 15) is 26.3 Å². The maximum atomic E-state index is 13.2. The third-order valence-electron chi connectivity index (χ3n) is 3.98. The molecule has 2 aromatic rings. The molecule has 0 spiro atoms. The number of aromatic nitrogens is 2. The summed E-state index contributed by atoms with van der Waals surface area (Å²) in [6.07, 6.45) is -9.33. The lowest BCUT2D eigenvalue weighted by Gasteiger charge is -2.29. The van der Waals surface area contributed by atoms with Crippen LogP contribution in [0.1, 0.15) is 38.8 Å². The van der Waals surface area contributed by atoms with Gasteiger partial charge >= 0.3 is 12.4 Å². The molecule has 0 saturated carbocycles. The minimum atomic E-state index is -4.96. The molecular formula is C19H21F6N3O. The number of anilines is 2. The molecule has 0 N–H and O–H groups in total. The number of nitrogens with zero attached hydrogens (tertiary/aromatic N) is 3. The van der Waals surface area contributed by atoms with Crippen molar-refractivity contribution < 1.29 is 31.1 Å². The van der Waals surface area contributed by atoms with Crippen molar-refractivity contribution in [3.63, 3.8) is 0 Å². The fraction of sp³-hybridized carbons (Fsp3) is 0.474. The largest absolute Gasteiger partial charge is 0.467 e. The number of benzene rings is 1. The first kappa shape index (κ1) is 22.8. The van der Waals surface area contributed by atoms with Crippen molar-refractivity contribution in [2.75, 3.05) is 18.1 Å². The Morgan fingerprint density at radius 3 is 2.10 bits per heavy atom. The van der Waals surface area contributed by atoms with Gasteiger partial charge in [0.15, 0.2) is 6.61 Å². The van der Waals surface area contributed by atoms with Crippen LogP contribution in [0.2, 0.25) is 0 Å². The average molecular weight is 421 g/mol. The van der Waals surface area contributed by atoms with Gasteiger partial charge in [0.25, 0.3) is 0 Å². The highest BCUT2D eigenvalue weighted by Gasteiger charge is 2.38. The third-order valence-corrected chi connectivity index (χ3v) is 3.98. The first-order chi connectivity index (χ1) is 13.2. The van der Waals surface area contributed by atoms with Crippen molar-refractivity contribution in [3.8, 4) is 5.88 Å². The number of ether oxygens (including phenoxy) is 1. The molecule has 10 heteroatoms. The molecular weight excluding hydrogens is 400 g/mol. The van der Waals surface area contributed by atoms with E-state index in [4.69, 9.17) is 0 Å². The zero-order valence-corrected chi connectivity index (χ0v) is 16.3. The highest BCUT2D eigenvalue weighted by Crippen LogP contribution is 2.38. The second kappa shape index (κ2) is 8.08. The summed E-state index contributed by atoms with van der Waals surface area (Å²) in [4.78, 5) is 8.97. The molecule has 1 aromatic carbocycles. The topological polar surface area (TPSA) is 38.2 Å². The summed E-state index contributed by atoms with van der Waals surface area (Å²) in [7, 11) is 0. The van der Waals surface area contributed by atoms with Crippen molar-refractivity contribution in [2.45, 2.75) is 45.5 Å². The molecule has 29 heavy (non-hydrogen) atoms. The van der Waals surface area contributed by atoms with Gasteiger partial charge in [0, 0.05) is 18.4 Å². The molecule has 4 nitrogen and oxygen atoms in total. The van der Waals surface area contributed by atoms with Gasteiger partial charge in [-0.3, -0.25) is 0 Å². The highest BCUT2D eigenvalue weighted by atomic mass is 19.4. The maximum absolute atomic E-state index is 13.2. The van der Waals surface area contributed by atoms with Crippen molar-refractivity contribution in [1.82, 2.24) is 9.97 Å². The number of hydrogen-bond acceptors (Lipinski definition) is 4. The first-order valence-corrected chi connectivity index (χ1v) is 8.75. The molecule has 0 fully saturated rings. The lowest BCUT2D eigenvalue weighted by Crippen LogP contribution is -2.26. The van der Waals surface area contributed by atoms with Crippen molar-refractivity contribution in [3.05, 3.63) is 41.6 Å². The maximum Gasteiger partial charge on any atom is 0.423 e. The summed E-state index contributed by atoms with van der Waals surface area (Å²) < 4.78 is 81.3. The molecule has 1 heterocycles. The van der Waals surface area contributed by atoms with Crippen LogP contribution in [0.5, 0.6) is 5.88 Å². The Balaban J connectivity index is 2.56. The average Bonchev–Trinajstić information content (AvgIpc) is 2.59. The minimum Gasteiger partial charge on any atom is -0.467 e. The molecule has 0 bridgehead atoms. The van der Waals surface area contributed by atoms with Gasteiger partial charge in [-0.1, -0.05) is 39.0 Å². The number of alkyl halides is 6. The van der Waals surface area contributed by atoms with Crippen LogP contribution in [-0.2, 0) is 11.6 Å². The molecule has 0 aliphatic carbocycles. The van der Waals surface area contributed by atoms with Gasteiger partial charge in [0.1, 0.15) is 5.56 Å². The number of rotatable bonds is 5. The molecule has 0 aliphatic rings. The summed E-state index contributed by atoms with van der Waals surface area (Å²) in [6, 6.07) is 7.19. The van der Waals surface area contributed by atoms with E-state index in [-0.39, 0.29) is 17.9 Å². The number of hydrogen-bond donors (Lipinski definition) is 0. The smallest absolute Gasteiger partial charge is 0.423 e. The van der Waals surface area contributed by atoms with Gasteiger partial charge in [-0.15, -0.1) is 0 Å². The lowest BCUT2D eigenvalue weighted by atomic mass is 9.85. The third kappa shape index (κ3) is 5.74. The molecule has 0 amide bonds. The van der Waals surface area contributed by atoms with Gasteiger partial charge in [-0.2, -0.15) is 31.3 Å². The highest BCUT2D eigenvalue weighted by molar-refractivity contribution is 5.64. The fourth-order valence-corrected chi connectivity index (χ4v) is 2.70. The summed E-state index contributed by atoms with van der Waals surface area (Å²) in [6.45, 7) is 6.01. The van der Waals surface area contributed by atoms with Crippen LogP contribution >= 0.6 is 0 Å². The molecule has 0 atom stereocenters. The second-order valence-electron chi connectivity index (χ2n) is 7.30. The molecule has 1 aromatic heterocycles. The van der Waals surface area contributed by atoms with Gasteiger partial charge in [0.2, 0.25) is 11.8 Å². The van der Waals surface area contributed by atoms with Crippen molar-refractivity contribution in [2.24, 2.45) is 0 Å². The standard InChI is InChI=1S/C19H21F6N3O/c1-5-28(14-9-7-6-8-12(14)17(2,3)4)16-26-10-13(19(23,24)25)15(27-16)29-11-18(20,21)22/h6-10H,5,11H2,1-4H3. The minimum absolute atomic E-state index is 0.186. The zero-order valence-electron chi connectivity index (χ0n) is 16.3. The normalized spacial score (nSPS) is 12.8. The lowest BCUT2D eigenvalue weighted by molar-refractivity contribution is -0.159. The van der Waals surface area contributed by atoms with E-state index in [1.54, 1.807) is 19.1 Å². The Bertz CT molecular complexity index is 843. The number of halogens is 6. The summed E-state index contributed by atoms with van der Waals surface area (Å²) in [5, 5.41) is 0. The van der Waals surface area contributed by atoms with E-state index in [1.165, 1.54) is 4.90 Å². The Hall–Kier alpha value is -2.52. The molecule has 0 saturated heterocycles. The van der Waals surface area contributed by atoms with Gasteiger partial charge in [-0.25, -0.2) is 4.98 Å². The van der Waals surface area contributed by atoms with Crippen LogP contribution in [0, 0.1) is 0 Å². The van der Waals surface area contributed by atoms with Gasteiger partial charge in [0.05, 0.1) is 0 Å². The molecule has 0 aliphatic heterocycles. The predicted molar refractivity (Wildman–Crippen MR) is 96.4 cm³/mol. The van der Waals surface area contributed by atoms with Crippen LogP contribution < -0.4 is 9.64 Å². The van der Waals surface area contributed by atoms with Crippen LogP contribution in [0.25, 0.3) is 0 Å². The molecule has 0 radical (unpaired) electrons. The Labute approximate surface area is 164 Å². The molecule has 2 rings (SSSR count). The van der Waals surface area contributed by atoms with Crippen LogP contribution in [0.15, 0.2) is 30.5 Å². The van der Waals surface area contributed by atoms with Crippen LogP contribution in [-0.4, -0.2) is 29.3 Å². The van der Waals surface area contributed by atoms with Crippen molar-refractivity contribution >= 4 is 11.6 Å². The Morgan fingerprint density at radius 1 is 0.966 bits per heavy atom. The second-order valence-corrected chi connectivity index (χ2v) is 7.30. The van der Waals surface area contributed by atoms with Crippen LogP contribution in [0.3, 0.4) is 0 Å². The molecule has 0 unspecified atom stereocenters. The Kier molecular flexibility index (Phi) is 6.34. The fourth-order valence-electron chi connectivity index (χ4n) is 2.70. The first-order valence-electron chi connectivity index (χ1n) is 8.75. The summed E-state index contributed by atoms with van der Waals surface area (Å²) in [5.74, 6) is -1.35. The van der Waals surface area contributed by atoms with E-state index < -0.39 is 30.4 Å². The summed E-state index contributed by atoms with van der Waals surface area (Å²) in [5.41, 5.74) is -0.247. The van der Waals surface area contributed by atoms with E-state index in [2.05, 4.69) is 14.7 Å². The van der Waals surface area contributed by atoms with Crippen LogP contribution in [0.4, 0.5) is 38.0 Å². The Morgan fingerprint density at radius 2 is 1.59 bits per heavy atom. The van der Waals surface area contributed by atoms with Gasteiger partial charge < -0.3 is 9.64 Å². The van der Waals surface area contributed by atoms with Crippen molar-refractivity contribution in [1.29, 1.82) is 0 Å².